The number of hydrogen-bond acceptors (Lipinski definition) is 5. The first-order valence-electron chi connectivity index (χ1n) is 7.12. The summed E-state index contributed by atoms with van der Waals surface area (Å²) in [5, 5.41) is 9.37. The lowest BCUT2D eigenvalue weighted by atomic mass is 10.2. The first-order chi connectivity index (χ1) is 10.0. The van der Waals surface area contributed by atoms with Crippen LogP contribution in [0.25, 0.3) is 0 Å². The predicted molar refractivity (Wildman–Crippen MR) is 86.2 cm³/mol. The number of rotatable bonds is 5. The molecule has 0 spiro atoms. The Morgan fingerprint density at radius 3 is 2.71 bits per heavy atom. The molecule has 1 aliphatic heterocycles. The Bertz CT molecular complexity index is 606. The number of nitrogens with zero attached hydrogens (tertiary/aromatic N) is 2. The lowest BCUT2D eigenvalue weighted by Gasteiger charge is -2.31. The van der Waals surface area contributed by atoms with Crippen LogP contribution in [-0.2, 0) is 9.84 Å². The SMILES string of the molecule is CCC1CN(CCS(=O)(=O)c2ccc(C#N)cc2)CCS1. The average Bonchev–Trinajstić information content (AvgIpc) is 2.53. The van der Waals surface area contributed by atoms with Gasteiger partial charge in [0.05, 0.1) is 22.3 Å². The summed E-state index contributed by atoms with van der Waals surface area (Å²) in [6.07, 6.45) is 1.13. The van der Waals surface area contributed by atoms with Crippen molar-refractivity contribution in [3.8, 4) is 6.07 Å². The first-order valence-corrected chi connectivity index (χ1v) is 9.82. The number of thioether (sulfide) groups is 1. The molecule has 1 saturated heterocycles. The topological polar surface area (TPSA) is 61.2 Å². The van der Waals surface area contributed by atoms with Crippen LogP contribution in [0.4, 0.5) is 0 Å². The van der Waals surface area contributed by atoms with E-state index in [1.54, 1.807) is 12.1 Å². The van der Waals surface area contributed by atoms with Gasteiger partial charge in [-0.15, -0.1) is 0 Å². The van der Waals surface area contributed by atoms with Gasteiger partial charge in [-0.05, 0) is 30.7 Å². The molecule has 0 amide bonds. The molecule has 6 heteroatoms. The van der Waals surface area contributed by atoms with Gasteiger partial charge in [-0.2, -0.15) is 17.0 Å². The maximum absolute atomic E-state index is 12.3. The normalized spacial score (nSPS) is 20.1. The summed E-state index contributed by atoms with van der Waals surface area (Å²) >= 11 is 1.98. The molecule has 1 unspecified atom stereocenters. The molecule has 0 N–H and O–H groups in total. The van der Waals surface area contributed by atoms with Gasteiger partial charge in [0.25, 0.3) is 0 Å². The number of nitriles is 1. The second-order valence-electron chi connectivity index (χ2n) is 5.16. The molecule has 0 aromatic heterocycles. The highest BCUT2D eigenvalue weighted by Crippen LogP contribution is 2.21. The van der Waals surface area contributed by atoms with Crippen LogP contribution in [-0.4, -0.2) is 49.7 Å². The van der Waals surface area contributed by atoms with E-state index in [1.807, 2.05) is 17.8 Å². The second-order valence-corrected chi connectivity index (χ2v) is 8.67. The van der Waals surface area contributed by atoms with Crippen LogP contribution in [0.2, 0.25) is 0 Å². The third-order valence-corrected chi connectivity index (χ3v) is 6.78. The van der Waals surface area contributed by atoms with Crippen molar-refractivity contribution >= 4 is 21.6 Å². The Labute approximate surface area is 131 Å². The van der Waals surface area contributed by atoms with Crippen molar-refractivity contribution in [3.63, 3.8) is 0 Å². The van der Waals surface area contributed by atoms with Gasteiger partial charge < -0.3 is 4.90 Å². The van der Waals surface area contributed by atoms with Crippen LogP contribution in [0.3, 0.4) is 0 Å². The summed E-state index contributed by atoms with van der Waals surface area (Å²) in [6, 6.07) is 8.15. The Morgan fingerprint density at radius 1 is 1.38 bits per heavy atom. The summed E-state index contributed by atoms with van der Waals surface area (Å²) < 4.78 is 24.6. The van der Waals surface area contributed by atoms with Crippen molar-refractivity contribution in [1.82, 2.24) is 4.90 Å². The molecular formula is C15H20N2O2S2. The minimum absolute atomic E-state index is 0.139. The molecule has 1 aromatic carbocycles. The van der Waals surface area contributed by atoms with Gasteiger partial charge in [0.2, 0.25) is 0 Å². The van der Waals surface area contributed by atoms with Crippen molar-refractivity contribution in [2.24, 2.45) is 0 Å². The molecule has 1 heterocycles. The van der Waals surface area contributed by atoms with Gasteiger partial charge in [0, 0.05) is 30.6 Å². The second kappa shape index (κ2) is 7.30. The van der Waals surface area contributed by atoms with E-state index in [1.165, 1.54) is 12.1 Å². The Morgan fingerprint density at radius 2 is 2.10 bits per heavy atom. The molecule has 1 atom stereocenters. The molecule has 1 fully saturated rings. The van der Waals surface area contributed by atoms with Crippen molar-refractivity contribution < 1.29 is 8.42 Å². The Hall–Kier alpha value is -1.03. The maximum atomic E-state index is 12.3. The summed E-state index contributed by atoms with van der Waals surface area (Å²) in [5.74, 6) is 1.22. The molecule has 21 heavy (non-hydrogen) atoms. The zero-order valence-corrected chi connectivity index (χ0v) is 13.8. The number of benzene rings is 1. The minimum atomic E-state index is -3.27. The van der Waals surface area contributed by atoms with Gasteiger partial charge >= 0.3 is 0 Å². The van der Waals surface area contributed by atoms with Crippen LogP contribution in [0.1, 0.15) is 18.9 Å². The van der Waals surface area contributed by atoms with Crippen LogP contribution >= 0.6 is 11.8 Å². The Balaban J connectivity index is 1.96. The van der Waals surface area contributed by atoms with Crippen molar-refractivity contribution in [2.45, 2.75) is 23.5 Å². The standard InChI is InChI=1S/C15H20N2O2S2/c1-2-14-12-17(7-9-20-14)8-10-21(18,19)15-5-3-13(11-16)4-6-15/h3-6,14H,2,7-10,12H2,1H3. The molecule has 1 aromatic rings. The predicted octanol–water partition coefficient (Wildman–Crippen LogP) is 2.16. The van der Waals surface area contributed by atoms with E-state index in [4.69, 9.17) is 5.26 Å². The van der Waals surface area contributed by atoms with Crippen LogP contribution in [0.5, 0.6) is 0 Å². The van der Waals surface area contributed by atoms with Gasteiger partial charge in [0.15, 0.2) is 9.84 Å². The largest absolute Gasteiger partial charge is 0.300 e. The van der Waals surface area contributed by atoms with Crippen LogP contribution in [0.15, 0.2) is 29.2 Å². The van der Waals surface area contributed by atoms with E-state index >= 15 is 0 Å². The zero-order valence-electron chi connectivity index (χ0n) is 12.2. The van der Waals surface area contributed by atoms with Crippen LogP contribution < -0.4 is 0 Å². The highest BCUT2D eigenvalue weighted by Gasteiger charge is 2.21. The third kappa shape index (κ3) is 4.47. The van der Waals surface area contributed by atoms with Crippen molar-refractivity contribution in [1.29, 1.82) is 5.26 Å². The fraction of sp³-hybridized carbons (Fsp3) is 0.533. The number of hydrogen-bond donors (Lipinski definition) is 0. The summed E-state index contributed by atoms with van der Waals surface area (Å²) in [7, 11) is -3.27. The van der Waals surface area contributed by atoms with E-state index in [-0.39, 0.29) is 5.75 Å². The molecule has 0 bridgehead atoms. The van der Waals surface area contributed by atoms with Gasteiger partial charge in [-0.25, -0.2) is 8.42 Å². The molecule has 2 rings (SSSR count). The maximum Gasteiger partial charge on any atom is 0.179 e. The van der Waals surface area contributed by atoms with E-state index in [2.05, 4.69) is 11.8 Å². The van der Waals surface area contributed by atoms with E-state index in [0.717, 1.165) is 25.3 Å². The summed E-state index contributed by atoms with van der Waals surface area (Å²) in [5.41, 5.74) is 0.479. The van der Waals surface area contributed by atoms with E-state index in [0.29, 0.717) is 22.3 Å². The molecule has 0 aliphatic carbocycles. The van der Waals surface area contributed by atoms with Gasteiger partial charge in [-0.1, -0.05) is 6.92 Å². The summed E-state index contributed by atoms with van der Waals surface area (Å²) in [4.78, 5) is 2.55. The average molecular weight is 324 g/mol. The van der Waals surface area contributed by atoms with E-state index < -0.39 is 9.84 Å². The quantitative estimate of drug-likeness (QED) is 0.830. The Kier molecular flexibility index (Phi) is 5.68. The fourth-order valence-corrected chi connectivity index (χ4v) is 4.87. The molecule has 114 valence electrons. The number of sulfone groups is 1. The van der Waals surface area contributed by atoms with Gasteiger partial charge in [0.1, 0.15) is 0 Å². The lowest BCUT2D eigenvalue weighted by Crippen LogP contribution is -2.40. The first kappa shape index (κ1) is 16.3. The summed E-state index contributed by atoms with van der Waals surface area (Å²) in [6.45, 7) is 4.70. The molecule has 4 nitrogen and oxygen atoms in total. The zero-order chi connectivity index (χ0) is 15.3. The third-order valence-electron chi connectivity index (χ3n) is 3.70. The molecule has 0 saturated carbocycles. The smallest absolute Gasteiger partial charge is 0.179 e. The van der Waals surface area contributed by atoms with E-state index in [9.17, 15) is 8.42 Å². The highest BCUT2D eigenvalue weighted by atomic mass is 32.2. The monoisotopic (exact) mass is 324 g/mol. The van der Waals surface area contributed by atoms with Crippen molar-refractivity contribution in [3.05, 3.63) is 29.8 Å². The minimum Gasteiger partial charge on any atom is -0.300 e. The van der Waals surface area contributed by atoms with Crippen molar-refractivity contribution in [2.75, 3.05) is 31.1 Å². The molecule has 1 aliphatic rings. The van der Waals surface area contributed by atoms with Gasteiger partial charge in [-0.3, -0.25) is 0 Å². The lowest BCUT2D eigenvalue weighted by molar-refractivity contribution is 0.297. The highest BCUT2D eigenvalue weighted by molar-refractivity contribution is 8.00. The molecule has 0 radical (unpaired) electrons. The fourth-order valence-electron chi connectivity index (χ4n) is 2.33. The van der Waals surface area contributed by atoms with Crippen LogP contribution in [0, 0.1) is 11.3 Å². The molecular weight excluding hydrogens is 304 g/mol.